The second-order valence-electron chi connectivity index (χ2n) is 7.62. The Hall–Kier alpha value is -2.99. The number of nitrogens with one attached hydrogen (secondary N) is 1. The Balaban J connectivity index is 1.69. The molecule has 0 radical (unpaired) electrons. The molecule has 5 nitrogen and oxygen atoms in total. The van der Waals surface area contributed by atoms with Crippen molar-refractivity contribution in [1.82, 2.24) is 0 Å². The summed E-state index contributed by atoms with van der Waals surface area (Å²) < 4.78 is 10.7. The molecule has 0 atom stereocenters. The molecule has 0 aliphatic heterocycles. The van der Waals surface area contributed by atoms with E-state index >= 15 is 0 Å². The predicted molar refractivity (Wildman–Crippen MR) is 132 cm³/mol. The lowest BCUT2D eigenvalue weighted by molar-refractivity contribution is -0.113. The van der Waals surface area contributed by atoms with Gasteiger partial charge in [0.15, 0.2) is 5.78 Å². The van der Waals surface area contributed by atoms with Gasteiger partial charge in [-0.3, -0.25) is 9.59 Å². The van der Waals surface area contributed by atoms with Crippen molar-refractivity contribution in [3.05, 3.63) is 89.5 Å². The van der Waals surface area contributed by atoms with E-state index in [4.69, 9.17) is 21.1 Å². The summed E-state index contributed by atoms with van der Waals surface area (Å²) in [4.78, 5) is 24.8. The number of benzene rings is 3. The molecule has 0 aromatic heterocycles. The van der Waals surface area contributed by atoms with Crippen LogP contribution in [0.15, 0.2) is 72.8 Å². The lowest BCUT2D eigenvalue weighted by Gasteiger charge is -2.13. The Morgan fingerprint density at radius 1 is 0.909 bits per heavy atom. The van der Waals surface area contributed by atoms with Gasteiger partial charge in [0.2, 0.25) is 5.91 Å². The van der Waals surface area contributed by atoms with Crippen LogP contribution in [0.25, 0.3) is 11.1 Å². The molecule has 33 heavy (non-hydrogen) atoms. The van der Waals surface area contributed by atoms with Crippen LogP contribution in [-0.4, -0.2) is 37.9 Å². The third-order valence-electron chi connectivity index (χ3n) is 5.15. The first-order valence-electron chi connectivity index (χ1n) is 10.8. The van der Waals surface area contributed by atoms with Crippen LogP contribution < -0.4 is 5.32 Å². The number of methoxy groups -OCH3 is 1. The van der Waals surface area contributed by atoms with Gasteiger partial charge in [-0.05, 0) is 29.2 Å². The molecule has 6 heteroatoms. The monoisotopic (exact) mass is 465 g/mol. The van der Waals surface area contributed by atoms with Gasteiger partial charge in [0.25, 0.3) is 0 Å². The molecule has 0 unspecified atom stereocenters. The average Bonchev–Trinajstić information content (AvgIpc) is 2.85. The molecule has 0 heterocycles. The van der Waals surface area contributed by atoms with Gasteiger partial charge in [-0.15, -0.1) is 11.6 Å². The predicted octanol–water partition coefficient (Wildman–Crippen LogP) is 5.51. The normalized spacial score (nSPS) is 10.7. The van der Waals surface area contributed by atoms with Gasteiger partial charge in [0.05, 0.1) is 6.61 Å². The number of anilines is 1. The molecule has 1 N–H and O–H groups in total. The first-order valence-corrected chi connectivity index (χ1v) is 11.4. The summed E-state index contributed by atoms with van der Waals surface area (Å²) in [5, 5.41) is 2.77. The van der Waals surface area contributed by atoms with Crippen molar-refractivity contribution in [2.75, 3.05) is 31.5 Å². The smallest absolute Gasteiger partial charge is 0.239 e. The molecular formula is C27H28ClNO4. The second-order valence-corrected chi connectivity index (χ2v) is 7.88. The van der Waals surface area contributed by atoms with E-state index in [1.807, 2.05) is 48.5 Å². The highest BCUT2D eigenvalue weighted by Gasteiger charge is 2.13. The van der Waals surface area contributed by atoms with Gasteiger partial charge < -0.3 is 14.8 Å². The van der Waals surface area contributed by atoms with Crippen molar-refractivity contribution in [2.24, 2.45) is 0 Å². The van der Waals surface area contributed by atoms with Gasteiger partial charge >= 0.3 is 0 Å². The van der Waals surface area contributed by atoms with Gasteiger partial charge in [0.1, 0.15) is 5.88 Å². The molecule has 0 saturated heterocycles. The molecule has 0 aliphatic carbocycles. The summed E-state index contributed by atoms with van der Waals surface area (Å²) in [5.41, 5.74) is 5.02. The van der Waals surface area contributed by atoms with E-state index in [-0.39, 0.29) is 24.0 Å². The number of halogens is 1. The fraction of sp³-hybridized carbons (Fsp3) is 0.259. The van der Waals surface area contributed by atoms with E-state index in [2.05, 4.69) is 17.4 Å². The first-order chi connectivity index (χ1) is 16.1. The minimum Gasteiger partial charge on any atom is -0.385 e. The number of ketones is 1. The minimum atomic E-state index is -0.335. The molecule has 3 aromatic rings. The standard InChI is InChI=1S/C27H28ClNO4/c1-32-14-5-15-33-19-24-13-12-23(17-25(24)29-27(31)18-28)26(30)16-20-8-10-22(11-9-20)21-6-3-2-4-7-21/h2-4,6-13,17H,5,14-16,18-19H2,1H3,(H,29,31). The first kappa shape index (κ1) is 24.6. The third kappa shape index (κ3) is 7.53. The SMILES string of the molecule is COCCCOCc1ccc(C(=O)Cc2ccc(-c3ccccc3)cc2)cc1NC(=O)CCl. The summed E-state index contributed by atoms with van der Waals surface area (Å²) >= 11 is 5.66. The summed E-state index contributed by atoms with van der Waals surface area (Å²) in [7, 11) is 1.65. The second kappa shape index (κ2) is 12.9. The number of hydrogen-bond acceptors (Lipinski definition) is 4. The number of Topliss-reactive ketones (excluding diaryl/α,β-unsaturated/α-hetero) is 1. The lowest BCUT2D eigenvalue weighted by Crippen LogP contribution is -2.15. The van der Waals surface area contributed by atoms with Crippen molar-refractivity contribution >= 4 is 29.0 Å². The summed E-state index contributed by atoms with van der Waals surface area (Å²) in [6, 6.07) is 23.4. The van der Waals surface area contributed by atoms with Crippen LogP contribution in [0.5, 0.6) is 0 Å². The summed E-state index contributed by atoms with van der Waals surface area (Å²) in [6.07, 6.45) is 1.05. The van der Waals surface area contributed by atoms with E-state index in [1.165, 1.54) is 0 Å². The van der Waals surface area contributed by atoms with Gasteiger partial charge in [-0.25, -0.2) is 0 Å². The van der Waals surface area contributed by atoms with Crippen LogP contribution in [-0.2, 0) is 27.3 Å². The Morgan fingerprint density at radius 3 is 2.33 bits per heavy atom. The highest BCUT2D eigenvalue weighted by molar-refractivity contribution is 6.29. The van der Waals surface area contributed by atoms with Crippen molar-refractivity contribution in [3.63, 3.8) is 0 Å². The molecule has 3 rings (SSSR count). The van der Waals surface area contributed by atoms with Crippen molar-refractivity contribution in [3.8, 4) is 11.1 Å². The molecule has 172 valence electrons. The molecular weight excluding hydrogens is 438 g/mol. The fourth-order valence-electron chi connectivity index (χ4n) is 3.40. The van der Waals surface area contributed by atoms with E-state index in [1.54, 1.807) is 19.2 Å². The number of rotatable bonds is 12. The molecule has 0 bridgehead atoms. The number of amides is 1. The summed E-state index contributed by atoms with van der Waals surface area (Å²) in [6.45, 7) is 1.48. The molecule has 0 saturated carbocycles. The van der Waals surface area contributed by atoms with Crippen molar-refractivity contribution < 1.29 is 19.1 Å². The zero-order valence-electron chi connectivity index (χ0n) is 18.7. The molecule has 1 amide bonds. The third-order valence-corrected chi connectivity index (χ3v) is 5.39. The molecule has 0 aliphatic rings. The number of alkyl halides is 1. The zero-order valence-corrected chi connectivity index (χ0v) is 19.4. The number of carbonyl (C=O) groups excluding carboxylic acids is 2. The zero-order chi connectivity index (χ0) is 23.5. The van der Waals surface area contributed by atoms with Crippen LogP contribution in [0.1, 0.15) is 27.9 Å². The van der Waals surface area contributed by atoms with E-state index in [9.17, 15) is 9.59 Å². The maximum Gasteiger partial charge on any atom is 0.239 e. The minimum absolute atomic E-state index is 0.0311. The number of hydrogen-bond donors (Lipinski definition) is 1. The van der Waals surface area contributed by atoms with E-state index < -0.39 is 0 Å². The Bertz CT molecular complexity index is 1050. The van der Waals surface area contributed by atoms with Crippen LogP contribution in [0.2, 0.25) is 0 Å². The van der Waals surface area contributed by atoms with Gasteiger partial charge in [-0.2, -0.15) is 0 Å². The quantitative estimate of drug-likeness (QED) is 0.217. The van der Waals surface area contributed by atoms with Gasteiger partial charge in [0, 0.05) is 43.6 Å². The maximum absolute atomic E-state index is 12.9. The van der Waals surface area contributed by atoms with Gasteiger partial charge in [-0.1, -0.05) is 66.7 Å². The fourth-order valence-corrected chi connectivity index (χ4v) is 3.46. The number of ether oxygens (including phenoxy) is 2. The summed E-state index contributed by atoms with van der Waals surface area (Å²) in [5.74, 6) is -0.533. The van der Waals surface area contributed by atoms with Crippen LogP contribution in [0.4, 0.5) is 5.69 Å². The highest BCUT2D eigenvalue weighted by atomic mass is 35.5. The topological polar surface area (TPSA) is 64.6 Å². The van der Waals surface area contributed by atoms with Crippen LogP contribution in [0.3, 0.4) is 0 Å². The van der Waals surface area contributed by atoms with E-state index in [0.29, 0.717) is 31.1 Å². The molecule has 0 spiro atoms. The van der Waals surface area contributed by atoms with E-state index in [0.717, 1.165) is 28.7 Å². The Labute approximate surface area is 199 Å². The number of carbonyl (C=O) groups is 2. The molecule has 3 aromatic carbocycles. The Kier molecular flexibility index (Phi) is 9.63. The molecule has 0 fully saturated rings. The maximum atomic E-state index is 12.9. The highest BCUT2D eigenvalue weighted by Crippen LogP contribution is 2.22. The van der Waals surface area contributed by atoms with Crippen molar-refractivity contribution in [2.45, 2.75) is 19.4 Å². The lowest BCUT2D eigenvalue weighted by atomic mass is 9.98. The van der Waals surface area contributed by atoms with Crippen LogP contribution >= 0.6 is 11.6 Å². The van der Waals surface area contributed by atoms with Crippen LogP contribution in [0, 0.1) is 0 Å². The van der Waals surface area contributed by atoms with Crippen molar-refractivity contribution in [1.29, 1.82) is 0 Å². The Morgan fingerprint density at radius 2 is 1.64 bits per heavy atom. The average molecular weight is 466 g/mol. The largest absolute Gasteiger partial charge is 0.385 e.